The molecule has 2 atom stereocenters. The lowest BCUT2D eigenvalue weighted by Gasteiger charge is -2.24. The molecule has 0 spiro atoms. The Bertz CT molecular complexity index is 825. The van der Waals surface area contributed by atoms with E-state index in [1.54, 1.807) is 4.68 Å². The fourth-order valence-corrected chi connectivity index (χ4v) is 4.13. The number of nitrogens with zero attached hydrogens (tertiary/aromatic N) is 4. The molecule has 2 aliphatic heterocycles. The lowest BCUT2D eigenvalue weighted by Crippen LogP contribution is -2.33. The van der Waals surface area contributed by atoms with E-state index in [2.05, 4.69) is 10.2 Å². The van der Waals surface area contributed by atoms with Gasteiger partial charge in [-0.2, -0.15) is 9.78 Å². The van der Waals surface area contributed by atoms with E-state index < -0.39 is 5.97 Å². The second-order valence-electron chi connectivity index (χ2n) is 6.19. The predicted molar refractivity (Wildman–Crippen MR) is 90.3 cm³/mol. The number of carbonyl (C=O) groups is 1. The molecule has 25 heavy (non-hydrogen) atoms. The molecule has 130 valence electrons. The summed E-state index contributed by atoms with van der Waals surface area (Å²) >= 11 is 1.35. The number of aliphatic carboxylic acids is 1. The highest BCUT2D eigenvalue weighted by Crippen LogP contribution is 2.35. The van der Waals surface area contributed by atoms with Crippen LogP contribution in [0, 0.1) is 6.92 Å². The first-order valence-corrected chi connectivity index (χ1v) is 9.09. The number of aromatic nitrogens is 3. The number of benzene rings is 1. The van der Waals surface area contributed by atoms with Crippen LogP contribution < -0.4 is 5.11 Å². The first-order valence-electron chi connectivity index (χ1n) is 8.21. The maximum Gasteiger partial charge on any atom is 0.212 e. The van der Waals surface area contributed by atoms with E-state index in [4.69, 9.17) is 9.84 Å². The van der Waals surface area contributed by atoms with Crippen molar-refractivity contribution in [3.63, 3.8) is 0 Å². The van der Waals surface area contributed by atoms with Crippen LogP contribution in [0.2, 0.25) is 0 Å². The van der Waals surface area contributed by atoms with E-state index in [-0.39, 0.29) is 17.8 Å². The van der Waals surface area contributed by atoms with Crippen molar-refractivity contribution in [3.8, 4) is 0 Å². The number of fused-ring (bicyclic) bond motifs is 1. The minimum atomic E-state index is -1.11. The number of carboxylic acid groups (broad SMARTS) is 1. The van der Waals surface area contributed by atoms with Crippen molar-refractivity contribution >= 4 is 23.4 Å². The Labute approximate surface area is 149 Å². The molecule has 8 heteroatoms. The van der Waals surface area contributed by atoms with Gasteiger partial charge in [0.2, 0.25) is 5.16 Å². The van der Waals surface area contributed by atoms with Crippen LogP contribution >= 0.6 is 11.8 Å². The molecule has 0 N–H and O–H groups in total. The summed E-state index contributed by atoms with van der Waals surface area (Å²) in [6.45, 7) is 2.72. The molecule has 2 aromatic rings. The second-order valence-corrected chi connectivity index (χ2v) is 7.36. The third kappa shape index (κ3) is 3.19. The maximum atomic E-state index is 11.2. The molecular weight excluding hydrogens is 340 g/mol. The fourth-order valence-electron chi connectivity index (χ4n) is 3.04. The van der Waals surface area contributed by atoms with Gasteiger partial charge in [0.25, 0.3) is 0 Å². The Morgan fingerprint density at radius 1 is 1.36 bits per heavy atom. The third-order valence-electron chi connectivity index (χ3n) is 4.31. The summed E-state index contributed by atoms with van der Waals surface area (Å²) in [6, 6.07) is 7.89. The van der Waals surface area contributed by atoms with Crippen LogP contribution in [0.4, 0.5) is 0 Å². The predicted octanol–water partition coefficient (Wildman–Crippen LogP) is 1.30. The van der Waals surface area contributed by atoms with E-state index in [9.17, 15) is 9.90 Å². The zero-order chi connectivity index (χ0) is 17.4. The van der Waals surface area contributed by atoms with Crippen LogP contribution in [0.3, 0.4) is 0 Å². The van der Waals surface area contributed by atoms with E-state index >= 15 is 0 Å². The quantitative estimate of drug-likeness (QED) is 0.819. The van der Waals surface area contributed by atoms with Gasteiger partial charge in [-0.1, -0.05) is 41.6 Å². The van der Waals surface area contributed by atoms with Crippen molar-refractivity contribution in [2.45, 2.75) is 42.7 Å². The average Bonchev–Trinajstić information content (AvgIpc) is 3.23. The fraction of sp³-hybridized carbons (Fsp3) is 0.412. The number of rotatable bonds is 4. The third-order valence-corrected chi connectivity index (χ3v) is 5.45. The van der Waals surface area contributed by atoms with Crippen LogP contribution in [0.5, 0.6) is 0 Å². The summed E-state index contributed by atoms with van der Waals surface area (Å²) < 4.78 is 7.40. The number of carboxylic acids is 1. The zero-order valence-electron chi connectivity index (χ0n) is 13.7. The molecule has 7 nitrogen and oxygen atoms in total. The number of hydrogen-bond acceptors (Lipinski definition) is 7. The molecule has 0 bridgehead atoms. The van der Waals surface area contributed by atoms with Gasteiger partial charge in [0.05, 0.1) is 11.0 Å². The standard InChI is InChI=1S/C17H18N4O3S/c1-10-4-6-11(7-5-10)15-13(9-14(22)23)25-17-19-18-16(21(17)20-15)12-3-2-8-24-12/h4-7,12-13H,2-3,8-9H2,1H3,(H,22,23)/p-1/t12-,13+/m1/s1. The Balaban J connectivity index is 1.76. The van der Waals surface area contributed by atoms with Crippen LogP contribution in [0.25, 0.3) is 0 Å². The second kappa shape index (κ2) is 6.61. The van der Waals surface area contributed by atoms with Gasteiger partial charge in [0.1, 0.15) is 6.10 Å². The monoisotopic (exact) mass is 357 g/mol. The van der Waals surface area contributed by atoms with Gasteiger partial charge in [-0.05, 0) is 25.3 Å². The Morgan fingerprint density at radius 3 is 2.84 bits per heavy atom. The van der Waals surface area contributed by atoms with Crippen molar-refractivity contribution in [1.29, 1.82) is 0 Å². The average molecular weight is 357 g/mol. The van der Waals surface area contributed by atoms with Crippen molar-refractivity contribution in [3.05, 3.63) is 41.2 Å². The van der Waals surface area contributed by atoms with E-state index in [0.717, 1.165) is 24.0 Å². The molecule has 3 heterocycles. The molecule has 0 aliphatic carbocycles. The van der Waals surface area contributed by atoms with Gasteiger partial charge >= 0.3 is 0 Å². The van der Waals surface area contributed by atoms with Gasteiger partial charge in [-0.3, -0.25) is 0 Å². The molecule has 1 fully saturated rings. The maximum absolute atomic E-state index is 11.2. The van der Waals surface area contributed by atoms with E-state index in [0.29, 0.717) is 23.3 Å². The largest absolute Gasteiger partial charge is 0.550 e. The lowest BCUT2D eigenvalue weighted by atomic mass is 10.0. The first-order chi connectivity index (χ1) is 12.1. The molecule has 1 saturated heterocycles. The summed E-state index contributed by atoms with van der Waals surface area (Å²) in [4.78, 5) is 11.2. The molecule has 0 unspecified atom stereocenters. The number of aryl methyl sites for hydroxylation is 1. The molecule has 2 aliphatic rings. The van der Waals surface area contributed by atoms with Gasteiger partial charge < -0.3 is 14.6 Å². The highest BCUT2D eigenvalue weighted by atomic mass is 32.2. The van der Waals surface area contributed by atoms with Gasteiger partial charge in [-0.15, -0.1) is 10.2 Å². The van der Waals surface area contributed by atoms with Crippen molar-refractivity contribution in [2.75, 3.05) is 6.61 Å². The van der Waals surface area contributed by atoms with Crippen LogP contribution in [-0.4, -0.2) is 38.4 Å². The molecule has 0 radical (unpaired) electrons. The minimum absolute atomic E-state index is 0.109. The Hall–Kier alpha value is -2.19. The highest BCUT2D eigenvalue weighted by Gasteiger charge is 2.32. The molecular formula is C17H17N4O3S-. The number of ether oxygens (including phenoxy) is 1. The number of thioether (sulfide) groups is 1. The molecule has 0 saturated carbocycles. The van der Waals surface area contributed by atoms with Gasteiger partial charge in [-0.25, -0.2) is 0 Å². The highest BCUT2D eigenvalue weighted by molar-refractivity contribution is 8.00. The summed E-state index contributed by atoms with van der Waals surface area (Å²) in [5, 5.41) is 24.5. The van der Waals surface area contributed by atoms with Crippen molar-refractivity contribution in [1.82, 2.24) is 14.9 Å². The summed E-state index contributed by atoms with van der Waals surface area (Å²) in [5.74, 6) is -0.430. The number of hydrogen-bond donors (Lipinski definition) is 0. The van der Waals surface area contributed by atoms with Gasteiger partial charge in [0.15, 0.2) is 5.82 Å². The summed E-state index contributed by atoms with van der Waals surface area (Å²) in [5.41, 5.74) is 2.72. The minimum Gasteiger partial charge on any atom is -0.550 e. The Morgan fingerprint density at radius 2 is 2.16 bits per heavy atom. The first kappa shape index (κ1) is 16.3. The van der Waals surface area contributed by atoms with Gasteiger partial charge in [0, 0.05) is 19.0 Å². The van der Waals surface area contributed by atoms with Crippen LogP contribution in [0.15, 0.2) is 34.5 Å². The summed E-state index contributed by atoms with van der Waals surface area (Å²) in [7, 11) is 0. The molecule has 0 amide bonds. The van der Waals surface area contributed by atoms with Crippen LogP contribution in [-0.2, 0) is 9.53 Å². The Kier molecular flexibility index (Phi) is 4.30. The number of carbonyl (C=O) groups excluding carboxylic acids is 1. The molecule has 1 aromatic carbocycles. The smallest absolute Gasteiger partial charge is 0.212 e. The lowest BCUT2D eigenvalue weighted by molar-refractivity contribution is -0.305. The summed E-state index contributed by atoms with van der Waals surface area (Å²) in [6.07, 6.45) is 1.64. The zero-order valence-corrected chi connectivity index (χ0v) is 14.5. The van der Waals surface area contributed by atoms with Crippen molar-refractivity contribution in [2.24, 2.45) is 5.10 Å². The van der Waals surface area contributed by atoms with E-state index in [1.807, 2.05) is 31.2 Å². The van der Waals surface area contributed by atoms with Crippen LogP contribution in [0.1, 0.15) is 42.3 Å². The molecule has 4 rings (SSSR count). The van der Waals surface area contributed by atoms with E-state index in [1.165, 1.54) is 11.8 Å². The SMILES string of the molecule is Cc1ccc(C2=Nn3c(nnc3[C@H]3CCCO3)S[C@H]2CC(=O)[O-])cc1. The van der Waals surface area contributed by atoms with Crippen molar-refractivity contribution < 1.29 is 14.6 Å². The topological polar surface area (TPSA) is 92.4 Å². The normalized spacial score (nSPS) is 22.5. The molecule has 1 aromatic heterocycles.